The van der Waals surface area contributed by atoms with Crippen molar-refractivity contribution in [2.45, 2.75) is 27.4 Å². The molecule has 0 amide bonds. The molecule has 0 bridgehead atoms. The van der Waals surface area contributed by atoms with Gasteiger partial charge in [0.1, 0.15) is 11.4 Å². The fourth-order valence-electron chi connectivity index (χ4n) is 2.57. The van der Waals surface area contributed by atoms with Crippen molar-refractivity contribution < 1.29 is 5.11 Å². The molecule has 1 heterocycles. The summed E-state index contributed by atoms with van der Waals surface area (Å²) in [5.74, 6) is 0. The van der Waals surface area contributed by atoms with Crippen molar-refractivity contribution in [2.24, 2.45) is 0 Å². The number of benzene rings is 2. The maximum absolute atomic E-state index is 9.62. The second kappa shape index (κ2) is 5.73. The molecule has 22 heavy (non-hydrogen) atoms. The molecule has 4 nitrogen and oxygen atoms in total. The fourth-order valence-corrected chi connectivity index (χ4v) is 2.57. The summed E-state index contributed by atoms with van der Waals surface area (Å²) in [5, 5.41) is 18.0. The van der Waals surface area contributed by atoms with Crippen LogP contribution in [0.4, 0.5) is 0 Å². The minimum Gasteiger partial charge on any atom is -0.390 e. The van der Waals surface area contributed by atoms with Crippen LogP contribution in [0.5, 0.6) is 0 Å². The summed E-state index contributed by atoms with van der Waals surface area (Å²) in [5.41, 5.74) is 6.99. The molecule has 0 aliphatic carbocycles. The molecule has 3 rings (SSSR count). The highest BCUT2D eigenvalue weighted by atomic mass is 16.3. The van der Waals surface area contributed by atoms with E-state index in [0.717, 1.165) is 22.5 Å². The topological polar surface area (TPSA) is 50.9 Å². The average molecular weight is 293 g/mol. The van der Waals surface area contributed by atoms with Crippen LogP contribution in [0.3, 0.4) is 0 Å². The second-order valence-electron chi connectivity index (χ2n) is 5.54. The monoisotopic (exact) mass is 293 g/mol. The van der Waals surface area contributed by atoms with Gasteiger partial charge in [-0.25, -0.2) is 4.68 Å². The number of aryl methyl sites for hydroxylation is 3. The van der Waals surface area contributed by atoms with Gasteiger partial charge in [0, 0.05) is 5.56 Å². The van der Waals surface area contributed by atoms with Crippen LogP contribution in [-0.4, -0.2) is 20.1 Å². The predicted molar refractivity (Wildman–Crippen MR) is 86.9 cm³/mol. The molecule has 0 unspecified atom stereocenters. The van der Waals surface area contributed by atoms with Crippen LogP contribution in [0.2, 0.25) is 0 Å². The molecule has 0 fully saturated rings. The van der Waals surface area contributed by atoms with Crippen molar-refractivity contribution in [3.8, 4) is 16.9 Å². The minimum atomic E-state index is -0.131. The minimum absolute atomic E-state index is 0.131. The third-order valence-corrected chi connectivity index (χ3v) is 4.01. The van der Waals surface area contributed by atoms with Crippen LogP contribution in [-0.2, 0) is 6.61 Å². The third kappa shape index (κ3) is 2.42. The molecular weight excluding hydrogens is 274 g/mol. The van der Waals surface area contributed by atoms with E-state index in [4.69, 9.17) is 0 Å². The van der Waals surface area contributed by atoms with E-state index in [0.29, 0.717) is 5.69 Å². The van der Waals surface area contributed by atoms with Gasteiger partial charge in [0.05, 0.1) is 12.3 Å². The molecule has 0 spiro atoms. The van der Waals surface area contributed by atoms with Crippen molar-refractivity contribution in [3.63, 3.8) is 0 Å². The van der Waals surface area contributed by atoms with E-state index in [9.17, 15) is 5.11 Å². The molecule has 3 aromatic rings. The van der Waals surface area contributed by atoms with Crippen LogP contribution < -0.4 is 0 Å². The van der Waals surface area contributed by atoms with E-state index in [-0.39, 0.29) is 6.61 Å². The van der Waals surface area contributed by atoms with Gasteiger partial charge in [-0.15, -0.1) is 5.10 Å². The Morgan fingerprint density at radius 3 is 2.41 bits per heavy atom. The Balaban J connectivity index is 2.24. The van der Waals surface area contributed by atoms with Gasteiger partial charge >= 0.3 is 0 Å². The number of aromatic nitrogens is 3. The quantitative estimate of drug-likeness (QED) is 0.805. The highest BCUT2D eigenvalue weighted by molar-refractivity contribution is 5.66. The Labute approximate surface area is 130 Å². The van der Waals surface area contributed by atoms with E-state index in [1.165, 1.54) is 11.1 Å². The van der Waals surface area contributed by atoms with Crippen molar-refractivity contribution >= 4 is 0 Å². The molecule has 1 N–H and O–H groups in total. The van der Waals surface area contributed by atoms with E-state index in [1.807, 2.05) is 35.9 Å². The lowest BCUT2D eigenvalue weighted by atomic mass is 10.0. The Morgan fingerprint density at radius 1 is 0.955 bits per heavy atom. The van der Waals surface area contributed by atoms with Crippen molar-refractivity contribution in [3.05, 3.63) is 64.8 Å². The molecule has 0 atom stereocenters. The first-order valence-electron chi connectivity index (χ1n) is 7.31. The average Bonchev–Trinajstić information content (AvgIpc) is 2.94. The molecular formula is C18H19N3O. The molecule has 0 saturated heterocycles. The second-order valence-corrected chi connectivity index (χ2v) is 5.54. The maximum atomic E-state index is 9.62. The SMILES string of the molecule is Cc1ccc(-c2c(CO)nnn2-c2ccccc2C)cc1C. The zero-order valence-corrected chi connectivity index (χ0v) is 13.0. The zero-order valence-electron chi connectivity index (χ0n) is 13.0. The van der Waals surface area contributed by atoms with E-state index >= 15 is 0 Å². The molecule has 112 valence electrons. The summed E-state index contributed by atoms with van der Waals surface area (Å²) in [6.45, 7) is 6.08. The summed E-state index contributed by atoms with van der Waals surface area (Å²) >= 11 is 0. The van der Waals surface area contributed by atoms with E-state index in [1.54, 1.807) is 0 Å². The van der Waals surface area contributed by atoms with Crippen molar-refractivity contribution in [1.82, 2.24) is 15.0 Å². The van der Waals surface area contributed by atoms with Gasteiger partial charge in [-0.1, -0.05) is 35.5 Å². The Bertz CT molecular complexity index is 821. The van der Waals surface area contributed by atoms with Gasteiger partial charge in [0.15, 0.2) is 0 Å². The number of aliphatic hydroxyl groups is 1. The van der Waals surface area contributed by atoms with Gasteiger partial charge < -0.3 is 5.11 Å². The van der Waals surface area contributed by atoms with E-state index in [2.05, 4.69) is 42.4 Å². The molecule has 4 heteroatoms. The summed E-state index contributed by atoms with van der Waals surface area (Å²) in [6, 6.07) is 14.3. The van der Waals surface area contributed by atoms with Crippen LogP contribution in [0, 0.1) is 20.8 Å². The largest absolute Gasteiger partial charge is 0.390 e. The molecule has 0 saturated carbocycles. The Kier molecular flexibility index (Phi) is 3.77. The zero-order chi connectivity index (χ0) is 15.7. The number of hydrogen-bond acceptors (Lipinski definition) is 3. The number of aliphatic hydroxyl groups excluding tert-OH is 1. The van der Waals surface area contributed by atoms with Gasteiger partial charge in [0.25, 0.3) is 0 Å². The van der Waals surface area contributed by atoms with Gasteiger partial charge in [0.2, 0.25) is 0 Å². The number of nitrogens with zero attached hydrogens (tertiary/aromatic N) is 3. The highest BCUT2D eigenvalue weighted by Gasteiger charge is 2.17. The number of rotatable bonds is 3. The molecule has 1 aromatic heterocycles. The molecule has 0 radical (unpaired) electrons. The van der Waals surface area contributed by atoms with Crippen LogP contribution in [0.1, 0.15) is 22.4 Å². The normalized spacial score (nSPS) is 10.9. The maximum Gasteiger partial charge on any atom is 0.117 e. The first-order valence-corrected chi connectivity index (χ1v) is 7.31. The van der Waals surface area contributed by atoms with Crippen LogP contribution in [0.15, 0.2) is 42.5 Å². The third-order valence-electron chi connectivity index (χ3n) is 4.01. The molecule has 0 aliphatic heterocycles. The Hall–Kier alpha value is -2.46. The first-order chi connectivity index (χ1) is 10.6. The van der Waals surface area contributed by atoms with E-state index < -0.39 is 0 Å². The highest BCUT2D eigenvalue weighted by Crippen LogP contribution is 2.28. The molecule has 2 aromatic carbocycles. The summed E-state index contributed by atoms with van der Waals surface area (Å²) in [4.78, 5) is 0. The lowest BCUT2D eigenvalue weighted by molar-refractivity contribution is 0.277. The van der Waals surface area contributed by atoms with Gasteiger partial charge in [-0.2, -0.15) is 0 Å². The summed E-state index contributed by atoms with van der Waals surface area (Å²) in [7, 11) is 0. The van der Waals surface area contributed by atoms with Crippen LogP contribution in [0.25, 0.3) is 16.9 Å². The Morgan fingerprint density at radius 2 is 1.73 bits per heavy atom. The standard InChI is InChI=1S/C18H19N3O/c1-12-8-9-15(10-14(12)3)18-16(11-22)19-20-21(18)17-7-5-4-6-13(17)2/h4-10,22H,11H2,1-3H3. The smallest absolute Gasteiger partial charge is 0.117 e. The molecule has 0 aliphatic rings. The number of hydrogen-bond donors (Lipinski definition) is 1. The van der Waals surface area contributed by atoms with Gasteiger partial charge in [-0.05, 0) is 49.6 Å². The number of para-hydroxylation sites is 1. The van der Waals surface area contributed by atoms with Crippen molar-refractivity contribution in [2.75, 3.05) is 0 Å². The lowest BCUT2D eigenvalue weighted by Gasteiger charge is -2.11. The van der Waals surface area contributed by atoms with Crippen LogP contribution >= 0.6 is 0 Å². The predicted octanol–water partition coefficient (Wildman–Crippen LogP) is 3.35. The van der Waals surface area contributed by atoms with Gasteiger partial charge in [-0.3, -0.25) is 0 Å². The van der Waals surface area contributed by atoms with Crippen molar-refractivity contribution in [1.29, 1.82) is 0 Å². The lowest BCUT2D eigenvalue weighted by Crippen LogP contribution is -2.02. The summed E-state index contributed by atoms with van der Waals surface area (Å²) in [6.07, 6.45) is 0. The fraction of sp³-hybridized carbons (Fsp3) is 0.222. The summed E-state index contributed by atoms with van der Waals surface area (Å²) < 4.78 is 1.81. The first kappa shape index (κ1) is 14.5.